The van der Waals surface area contributed by atoms with E-state index in [4.69, 9.17) is 0 Å². The first-order valence-corrected chi connectivity index (χ1v) is 4.63. The molecule has 0 aliphatic carbocycles. The smallest absolute Gasteiger partial charge is 0.0570 e. The maximum Gasteiger partial charge on any atom is 0.0570 e. The Morgan fingerprint density at radius 2 is 2.09 bits per heavy atom. The number of carboxylic acid groups (broad SMARTS) is 1. The number of unbranched alkanes of at least 4 members (excludes halogenated alkanes) is 1. The van der Waals surface area contributed by atoms with E-state index < -0.39 is 10.7 Å². The molecular weight excluding hydrogens is 180 g/mol. The van der Waals surface area contributed by atoms with Crippen LogP contribution in [0.1, 0.15) is 26.2 Å². The SMILES string of the molecule is CC(S)(CCCCS)C(=O)[O-]. The van der Waals surface area contributed by atoms with Gasteiger partial charge in [-0.1, -0.05) is 6.42 Å². The number of hydrogen-bond donors (Lipinski definition) is 2. The predicted octanol–water partition coefficient (Wildman–Crippen LogP) is 0.525. The van der Waals surface area contributed by atoms with Crippen LogP contribution in [0.3, 0.4) is 0 Å². The molecule has 0 spiro atoms. The first-order chi connectivity index (χ1) is 5.00. The van der Waals surface area contributed by atoms with Crippen LogP contribution >= 0.6 is 25.3 Å². The van der Waals surface area contributed by atoms with Crippen LogP contribution in [0.4, 0.5) is 0 Å². The molecule has 11 heavy (non-hydrogen) atoms. The van der Waals surface area contributed by atoms with Gasteiger partial charge in [0.15, 0.2) is 0 Å². The maximum atomic E-state index is 10.4. The van der Waals surface area contributed by atoms with E-state index in [0.717, 1.165) is 18.6 Å². The van der Waals surface area contributed by atoms with Crippen molar-refractivity contribution in [3.63, 3.8) is 0 Å². The van der Waals surface area contributed by atoms with E-state index in [0.29, 0.717) is 6.42 Å². The van der Waals surface area contributed by atoms with Crippen molar-refractivity contribution in [2.75, 3.05) is 5.75 Å². The van der Waals surface area contributed by atoms with Crippen molar-refractivity contribution in [3.05, 3.63) is 0 Å². The minimum Gasteiger partial charge on any atom is -0.549 e. The van der Waals surface area contributed by atoms with Gasteiger partial charge in [0.1, 0.15) is 0 Å². The monoisotopic (exact) mass is 193 g/mol. The van der Waals surface area contributed by atoms with Crippen molar-refractivity contribution in [1.29, 1.82) is 0 Å². The van der Waals surface area contributed by atoms with Gasteiger partial charge in [-0.25, -0.2) is 0 Å². The van der Waals surface area contributed by atoms with Crippen molar-refractivity contribution in [2.45, 2.75) is 30.9 Å². The van der Waals surface area contributed by atoms with Gasteiger partial charge in [-0.05, 0) is 25.5 Å². The van der Waals surface area contributed by atoms with Gasteiger partial charge in [-0.3, -0.25) is 0 Å². The van der Waals surface area contributed by atoms with Gasteiger partial charge in [-0.2, -0.15) is 25.3 Å². The van der Waals surface area contributed by atoms with Gasteiger partial charge in [-0.15, -0.1) is 0 Å². The summed E-state index contributed by atoms with van der Waals surface area (Å²) in [5.41, 5.74) is 0. The Balaban J connectivity index is 3.64. The lowest BCUT2D eigenvalue weighted by molar-refractivity contribution is -0.308. The van der Waals surface area contributed by atoms with E-state index in [1.54, 1.807) is 6.92 Å². The maximum absolute atomic E-state index is 10.4. The van der Waals surface area contributed by atoms with E-state index in [-0.39, 0.29) is 0 Å². The Bertz CT molecular complexity index is 134. The zero-order valence-electron chi connectivity index (χ0n) is 6.54. The first kappa shape index (κ1) is 11.2. The summed E-state index contributed by atoms with van der Waals surface area (Å²) in [6.45, 7) is 1.56. The zero-order valence-corrected chi connectivity index (χ0v) is 8.33. The molecule has 0 saturated carbocycles. The van der Waals surface area contributed by atoms with E-state index in [1.807, 2.05) is 0 Å². The van der Waals surface area contributed by atoms with Crippen LogP contribution in [-0.4, -0.2) is 16.5 Å². The fourth-order valence-corrected chi connectivity index (χ4v) is 1.06. The predicted molar refractivity (Wildman–Crippen MR) is 50.1 cm³/mol. The van der Waals surface area contributed by atoms with Crippen molar-refractivity contribution >= 4 is 31.2 Å². The first-order valence-electron chi connectivity index (χ1n) is 3.55. The molecule has 0 N–H and O–H groups in total. The summed E-state index contributed by atoms with van der Waals surface area (Å²) in [7, 11) is 0. The molecule has 4 heteroatoms. The summed E-state index contributed by atoms with van der Waals surface area (Å²) in [6, 6.07) is 0. The van der Waals surface area contributed by atoms with Gasteiger partial charge in [0.2, 0.25) is 0 Å². The van der Waals surface area contributed by atoms with Gasteiger partial charge >= 0.3 is 0 Å². The minimum atomic E-state index is -1.10. The highest BCUT2D eigenvalue weighted by Gasteiger charge is 2.19. The average molecular weight is 193 g/mol. The van der Waals surface area contributed by atoms with E-state index >= 15 is 0 Å². The molecule has 2 nitrogen and oxygen atoms in total. The van der Waals surface area contributed by atoms with Crippen molar-refractivity contribution in [3.8, 4) is 0 Å². The molecule has 0 aromatic carbocycles. The molecular formula is C7H13O2S2-. The molecule has 66 valence electrons. The number of carboxylic acids is 1. The quantitative estimate of drug-likeness (QED) is 0.494. The standard InChI is InChI=1S/C7H14O2S2/c1-7(11,6(8)9)4-2-3-5-10/h10-11H,2-5H2,1H3,(H,8,9)/p-1. The zero-order chi connectivity index (χ0) is 8.91. The fraction of sp³-hybridized carbons (Fsp3) is 0.857. The van der Waals surface area contributed by atoms with Crippen molar-refractivity contribution in [1.82, 2.24) is 0 Å². The van der Waals surface area contributed by atoms with Crippen LogP contribution < -0.4 is 5.11 Å². The largest absolute Gasteiger partial charge is 0.549 e. The second-order valence-corrected chi connectivity index (χ2v) is 4.18. The van der Waals surface area contributed by atoms with Gasteiger partial charge < -0.3 is 9.90 Å². The molecule has 0 saturated heterocycles. The molecule has 1 unspecified atom stereocenters. The van der Waals surface area contributed by atoms with Crippen LogP contribution in [-0.2, 0) is 4.79 Å². The molecule has 0 aromatic rings. The summed E-state index contributed by atoms with van der Waals surface area (Å²) < 4.78 is -0.983. The topological polar surface area (TPSA) is 40.1 Å². The number of rotatable bonds is 5. The Hall–Kier alpha value is 0.170. The van der Waals surface area contributed by atoms with E-state index in [2.05, 4.69) is 25.3 Å². The highest BCUT2D eigenvalue weighted by Crippen LogP contribution is 2.20. The molecule has 0 fully saturated rings. The number of thiol groups is 2. The van der Waals surface area contributed by atoms with Crippen LogP contribution in [0.25, 0.3) is 0 Å². The van der Waals surface area contributed by atoms with Crippen LogP contribution in [0.5, 0.6) is 0 Å². The molecule has 0 bridgehead atoms. The van der Waals surface area contributed by atoms with E-state index in [1.165, 1.54) is 0 Å². The lowest BCUT2D eigenvalue weighted by Crippen LogP contribution is -2.41. The number of hydrogen-bond acceptors (Lipinski definition) is 4. The molecule has 0 radical (unpaired) electrons. The lowest BCUT2D eigenvalue weighted by atomic mass is 10.0. The number of aliphatic carboxylic acids is 1. The third-order valence-corrected chi connectivity index (χ3v) is 2.23. The third kappa shape index (κ3) is 4.58. The van der Waals surface area contributed by atoms with Gasteiger partial charge in [0.25, 0.3) is 0 Å². The summed E-state index contributed by atoms with van der Waals surface area (Å²) in [5.74, 6) is -0.309. The van der Waals surface area contributed by atoms with Crippen LogP contribution in [0.2, 0.25) is 0 Å². The highest BCUT2D eigenvalue weighted by atomic mass is 32.1. The van der Waals surface area contributed by atoms with Crippen molar-refractivity contribution < 1.29 is 9.90 Å². The molecule has 1 atom stereocenters. The Morgan fingerprint density at radius 1 is 1.55 bits per heavy atom. The minimum absolute atomic E-state index is 0.541. The lowest BCUT2D eigenvalue weighted by Gasteiger charge is -2.24. The summed E-state index contributed by atoms with van der Waals surface area (Å²) in [5, 5.41) is 10.4. The van der Waals surface area contributed by atoms with Gasteiger partial charge in [0, 0.05) is 4.75 Å². The molecule has 0 rings (SSSR count). The van der Waals surface area contributed by atoms with Gasteiger partial charge in [0.05, 0.1) is 5.97 Å². The third-order valence-electron chi connectivity index (χ3n) is 1.51. The normalized spacial score (nSPS) is 15.9. The molecule has 0 aromatic heterocycles. The Kier molecular flexibility index (Phi) is 5.01. The van der Waals surface area contributed by atoms with E-state index in [9.17, 15) is 9.90 Å². The fourth-order valence-electron chi connectivity index (χ4n) is 0.683. The summed E-state index contributed by atoms with van der Waals surface area (Å²) >= 11 is 7.98. The molecule has 0 aliphatic heterocycles. The molecule has 0 heterocycles. The average Bonchev–Trinajstić information content (AvgIpc) is 1.88. The van der Waals surface area contributed by atoms with Crippen LogP contribution in [0, 0.1) is 0 Å². The Morgan fingerprint density at radius 3 is 2.45 bits per heavy atom. The number of carbonyl (C=O) groups is 1. The summed E-state index contributed by atoms with van der Waals surface area (Å²) in [6.07, 6.45) is 2.29. The van der Waals surface area contributed by atoms with Crippen molar-refractivity contribution in [2.24, 2.45) is 0 Å². The second kappa shape index (κ2) is 4.93. The second-order valence-electron chi connectivity index (χ2n) is 2.74. The molecule has 0 aliphatic rings. The number of carbonyl (C=O) groups excluding carboxylic acids is 1. The van der Waals surface area contributed by atoms with Crippen LogP contribution in [0.15, 0.2) is 0 Å². The summed E-state index contributed by atoms with van der Waals surface area (Å²) in [4.78, 5) is 10.4. The molecule has 0 amide bonds. The Labute approximate surface area is 78.2 Å². The highest BCUT2D eigenvalue weighted by molar-refractivity contribution is 7.82.